The van der Waals surface area contributed by atoms with E-state index in [0.717, 1.165) is 5.69 Å². The molecule has 34 heavy (non-hydrogen) atoms. The Kier molecular flexibility index (Phi) is 7.51. The van der Waals surface area contributed by atoms with E-state index in [-0.39, 0.29) is 17.6 Å². The van der Waals surface area contributed by atoms with E-state index in [1.54, 1.807) is 59.6 Å². The summed E-state index contributed by atoms with van der Waals surface area (Å²) < 4.78 is 7.50. The maximum atomic E-state index is 12.8. The highest BCUT2D eigenvalue weighted by molar-refractivity contribution is 7.99. The molecule has 2 N–H and O–H groups in total. The Hall–Kier alpha value is -4.18. The van der Waals surface area contributed by atoms with E-state index in [1.165, 1.54) is 11.8 Å². The molecule has 0 saturated carbocycles. The molecule has 2 aromatic carbocycles. The van der Waals surface area contributed by atoms with Crippen LogP contribution in [0.1, 0.15) is 16.1 Å². The average molecular weight is 475 g/mol. The fourth-order valence-electron chi connectivity index (χ4n) is 2.98. The maximum absolute atomic E-state index is 12.8. The van der Waals surface area contributed by atoms with Gasteiger partial charge in [-0.15, -0.1) is 10.2 Å². The first-order valence-electron chi connectivity index (χ1n) is 10.4. The van der Waals surface area contributed by atoms with Crippen molar-refractivity contribution in [1.82, 2.24) is 19.7 Å². The molecule has 2 aromatic heterocycles. The number of nitrogens with zero attached hydrogens (tertiary/aromatic N) is 4. The molecule has 4 aromatic rings. The SMILES string of the molecule is Cn1cnnc1SCC(=O)Nc1cccc(C(=O)Nc2cccc(OCc3ccccn3)c2)c1. The Bertz CT molecular complexity index is 1280. The summed E-state index contributed by atoms with van der Waals surface area (Å²) in [4.78, 5) is 29.3. The molecule has 0 saturated heterocycles. The van der Waals surface area contributed by atoms with Crippen LogP contribution in [0.25, 0.3) is 0 Å². The number of amides is 2. The largest absolute Gasteiger partial charge is 0.487 e. The molecule has 0 spiro atoms. The van der Waals surface area contributed by atoms with Gasteiger partial charge in [0.15, 0.2) is 5.16 Å². The minimum atomic E-state index is -0.300. The van der Waals surface area contributed by atoms with E-state index in [1.807, 2.05) is 31.3 Å². The molecule has 0 atom stereocenters. The average Bonchev–Trinajstić information content (AvgIpc) is 3.27. The van der Waals surface area contributed by atoms with Crippen molar-refractivity contribution >= 4 is 35.0 Å². The third kappa shape index (κ3) is 6.42. The Morgan fingerprint density at radius 1 is 1.00 bits per heavy atom. The lowest BCUT2D eigenvalue weighted by atomic mass is 10.2. The number of aryl methyl sites for hydroxylation is 1. The van der Waals surface area contributed by atoms with Gasteiger partial charge in [0.05, 0.1) is 11.4 Å². The number of rotatable bonds is 9. The molecule has 2 heterocycles. The molecule has 9 nitrogen and oxygen atoms in total. The van der Waals surface area contributed by atoms with Crippen molar-refractivity contribution in [2.75, 3.05) is 16.4 Å². The van der Waals surface area contributed by atoms with Gasteiger partial charge in [-0.1, -0.05) is 30.0 Å². The van der Waals surface area contributed by atoms with E-state index < -0.39 is 0 Å². The molecule has 10 heteroatoms. The summed E-state index contributed by atoms with van der Waals surface area (Å²) >= 11 is 1.28. The summed E-state index contributed by atoms with van der Waals surface area (Å²) in [6.07, 6.45) is 3.29. The third-order valence-electron chi connectivity index (χ3n) is 4.62. The van der Waals surface area contributed by atoms with E-state index in [2.05, 4.69) is 25.8 Å². The molecule has 0 bridgehead atoms. The van der Waals surface area contributed by atoms with Crippen LogP contribution in [0.5, 0.6) is 5.75 Å². The summed E-state index contributed by atoms with van der Waals surface area (Å²) in [5.74, 6) is 0.286. The number of anilines is 2. The first-order chi connectivity index (χ1) is 16.6. The minimum absolute atomic E-state index is 0.175. The van der Waals surface area contributed by atoms with Crippen molar-refractivity contribution in [3.05, 3.63) is 90.5 Å². The first kappa shape index (κ1) is 23.0. The number of carbonyl (C=O) groups is 2. The number of pyridine rings is 1. The van der Waals surface area contributed by atoms with Crippen molar-refractivity contribution < 1.29 is 14.3 Å². The molecule has 0 fully saturated rings. The number of thioether (sulfide) groups is 1. The summed E-state index contributed by atoms with van der Waals surface area (Å²) in [6, 6.07) is 19.5. The summed E-state index contributed by atoms with van der Waals surface area (Å²) in [5, 5.41) is 14.0. The van der Waals surface area contributed by atoms with E-state index in [9.17, 15) is 9.59 Å². The number of aromatic nitrogens is 4. The van der Waals surface area contributed by atoms with Crippen molar-refractivity contribution in [2.45, 2.75) is 11.8 Å². The van der Waals surface area contributed by atoms with Crippen molar-refractivity contribution in [1.29, 1.82) is 0 Å². The number of ether oxygens (including phenoxy) is 1. The second-order valence-electron chi connectivity index (χ2n) is 7.23. The lowest BCUT2D eigenvalue weighted by Crippen LogP contribution is -2.16. The maximum Gasteiger partial charge on any atom is 0.255 e. The van der Waals surface area contributed by atoms with Crippen LogP contribution in [0, 0.1) is 0 Å². The van der Waals surface area contributed by atoms with Gasteiger partial charge in [0, 0.05) is 36.2 Å². The standard InChI is InChI=1S/C24H22N6O3S/c1-30-16-26-29-24(30)34-15-22(31)27-18-8-4-6-17(12-18)23(32)28-19-9-5-10-21(13-19)33-14-20-7-2-3-11-25-20/h2-13,16H,14-15H2,1H3,(H,27,31)(H,28,32). The van der Waals surface area contributed by atoms with Gasteiger partial charge in [-0.25, -0.2) is 0 Å². The minimum Gasteiger partial charge on any atom is -0.487 e. The van der Waals surface area contributed by atoms with E-state index in [0.29, 0.717) is 34.5 Å². The van der Waals surface area contributed by atoms with Gasteiger partial charge in [-0.2, -0.15) is 0 Å². The van der Waals surface area contributed by atoms with Crippen LogP contribution < -0.4 is 15.4 Å². The zero-order valence-corrected chi connectivity index (χ0v) is 19.2. The van der Waals surface area contributed by atoms with Crippen LogP contribution in [0.4, 0.5) is 11.4 Å². The van der Waals surface area contributed by atoms with E-state index in [4.69, 9.17) is 4.74 Å². The molecular formula is C24H22N6O3S. The number of hydrogen-bond donors (Lipinski definition) is 2. The topological polar surface area (TPSA) is 111 Å². The van der Waals surface area contributed by atoms with Crippen LogP contribution in [-0.2, 0) is 18.4 Å². The molecule has 172 valence electrons. The Balaban J connectivity index is 1.33. The highest BCUT2D eigenvalue weighted by Gasteiger charge is 2.11. The van der Waals surface area contributed by atoms with E-state index >= 15 is 0 Å². The van der Waals surface area contributed by atoms with Gasteiger partial charge in [-0.05, 0) is 42.5 Å². The van der Waals surface area contributed by atoms with Crippen LogP contribution in [0.15, 0.2) is 84.4 Å². The molecule has 0 unspecified atom stereocenters. The van der Waals surface area contributed by atoms with Crippen LogP contribution >= 0.6 is 11.8 Å². The predicted molar refractivity (Wildman–Crippen MR) is 130 cm³/mol. The molecular weight excluding hydrogens is 452 g/mol. The predicted octanol–water partition coefficient (Wildman–Crippen LogP) is 3.77. The highest BCUT2D eigenvalue weighted by Crippen LogP contribution is 2.20. The van der Waals surface area contributed by atoms with Gasteiger partial charge >= 0.3 is 0 Å². The first-order valence-corrected chi connectivity index (χ1v) is 11.4. The number of hydrogen-bond acceptors (Lipinski definition) is 7. The van der Waals surface area contributed by atoms with Crippen LogP contribution in [0.3, 0.4) is 0 Å². The Morgan fingerprint density at radius 2 is 1.82 bits per heavy atom. The second kappa shape index (κ2) is 11.1. The number of carbonyl (C=O) groups excluding carboxylic acids is 2. The smallest absolute Gasteiger partial charge is 0.255 e. The zero-order valence-electron chi connectivity index (χ0n) is 18.3. The van der Waals surface area contributed by atoms with Crippen LogP contribution in [0.2, 0.25) is 0 Å². The molecule has 0 radical (unpaired) electrons. The van der Waals surface area contributed by atoms with Gasteiger partial charge in [0.1, 0.15) is 18.7 Å². The lowest BCUT2D eigenvalue weighted by molar-refractivity contribution is -0.113. The van der Waals surface area contributed by atoms with Gasteiger partial charge in [0.2, 0.25) is 5.91 Å². The van der Waals surface area contributed by atoms with Gasteiger partial charge < -0.3 is 19.9 Å². The quantitative estimate of drug-likeness (QED) is 0.355. The Labute approximate surface area is 200 Å². The normalized spacial score (nSPS) is 10.5. The van der Waals surface area contributed by atoms with Gasteiger partial charge in [-0.3, -0.25) is 14.6 Å². The molecule has 2 amide bonds. The van der Waals surface area contributed by atoms with Crippen molar-refractivity contribution in [2.24, 2.45) is 7.05 Å². The van der Waals surface area contributed by atoms with Crippen molar-refractivity contribution in [3.63, 3.8) is 0 Å². The lowest BCUT2D eigenvalue weighted by Gasteiger charge is -2.10. The number of nitrogens with one attached hydrogen (secondary N) is 2. The second-order valence-corrected chi connectivity index (χ2v) is 8.18. The highest BCUT2D eigenvalue weighted by atomic mass is 32.2. The van der Waals surface area contributed by atoms with Crippen LogP contribution in [-0.4, -0.2) is 37.3 Å². The fourth-order valence-corrected chi connectivity index (χ4v) is 3.66. The summed E-state index contributed by atoms with van der Waals surface area (Å²) in [5.41, 5.74) is 2.35. The Morgan fingerprint density at radius 3 is 2.59 bits per heavy atom. The molecule has 0 aliphatic carbocycles. The fraction of sp³-hybridized carbons (Fsp3) is 0.125. The molecule has 0 aliphatic rings. The monoisotopic (exact) mass is 474 g/mol. The summed E-state index contributed by atoms with van der Waals surface area (Å²) in [6.45, 7) is 0.328. The molecule has 0 aliphatic heterocycles. The van der Waals surface area contributed by atoms with Gasteiger partial charge in [0.25, 0.3) is 5.91 Å². The summed E-state index contributed by atoms with van der Waals surface area (Å²) in [7, 11) is 1.81. The molecule has 4 rings (SSSR count). The zero-order chi connectivity index (χ0) is 23.8. The third-order valence-corrected chi connectivity index (χ3v) is 5.65. The number of benzene rings is 2. The van der Waals surface area contributed by atoms with Crippen molar-refractivity contribution in [3.8, 4) is 5.75 Å².